The average molecular weight is 150 g/mol. The lowest BCUT2D eigenvalue weighted by atomic mass is 10.2. The quantitative estimate of drug-likeness (QED) is 0.587. The van der Waals surface area contributed by atoms with Crippen LogP contribution in [0.2, 0.25) is 0 Å². The summed E-state index contributed by atoms with van der Waals surface area (Å²) in [7, 11) is 0. The monoisotopic (exact) mass is 150 g/mol. The number of nitrogens with one attached hydrogen (secondary N) is 1. The maximum atomic E-state index is 5.45. The number of hydrogen-bond donors (Lipinski definition) is 1. The molecule has 2 rings (SSSR count). The second kappa shape index (κ2) is 2.88. The highest BCUT2D eigenvalue weighted by molar-refractivity contribution is 5.30. The van der Waals surface area contributed by atoms with E-state index in [1.54, 1.807) is 6.20 Å². The van der Waals surface area contributed by atoms with Gasteiger partial charge in [0.15, 0.2) is 0 Å². The van der Waals surface area contributed by atoms with Gasteiger partial charge in [0, 0.05) is 31.0 Å². The molecule has 3 nitrogen and oxygen atoms in total. The van der Waals surface area contributed by atoms with Crippen LogP contribution in [0.1, 0.15) is 5.56 Å². The van der Waals surface area contributed by atoms with Gasteiger partial charge in [0.25, 0.3) is 0 Å². The van der Waals surface area contributed by atoms with Crippen molar-refractivity contribution in [3.05, 3.63) is 24.0 Å². The van der Waals surface area contributed by atoms with Crippen LogP contribution < -0.4 is 10.1 Å². The van der Waals surface area contributed by atoms with E-state index in [2.05, 4.69) is 10.3 Å². The van der Waals surface area contributed by atoms with Crippen molar-refractivity contribution in [1.29, 1.82) is 0 Å². The third kappa shape index (κ3) is 1.33. The minimum Gasteiger partial charge on any atom is -0.492 e. The van der Waals surface area contributed by atoms with E-state index in [4.69, 9.17) is 4.74 Å². The maximum Gasteiger partial charge on any atom is 0.126 e. The second-order valence-electron chi connectivity index (χ2n) is 2.51. The van der Waals surface area contributed by atoms with E-state index in [1.165, 1.54) is 0 Å². The topological polar surface area (TPSA) is 34.2 Å². The molecule has 0 aromatic carbocycles. The molecule has 3 heteroatoms. The predicted molar refractivity (Wildman–Crippen MR) is 41.4 cm³/mol. The molecule has 0 saturated heterocycles. The highest BCUT2D eigenvalue weighted by atomic mass is 16.5. The molecule has 0 radical (unpaired) electrons. The van der Waals surface area contributed by atoms with Crippen molar-refractivity contribution in [2.24, 2.45) is 0 Å². The fraction of sp³-hybridized carbons (Fsp3) is 0.375. The zero-order valence-electron chi connectivity index (χ0n) is 6.21. The van der Waals surface area contributed by atoms with Gasteiger partial charge in [-0.15, -0.1) is 0 Å². The van der Waals surface area contributed by atoms with Gasteiger partial charge in [-0.2, -0.15) is 0 Å². The Morgan fingerprint density at radius 3 is 3.55 bits per heavy atom. The highest BCUT2D eigenvalue weighted by Crippen LogP contribution is 2.17. The summed E-state index contributed by atoms with van der Waals surface area (Å²) in [6.45, 7) is 2.52. The van der Waals surface area contributed by atoms with Crippen molar-refractivity contribution in [2.45, 2.75) is 6.54 Å². The number of pyridine rings is 1. The molecule has 2 heterocycles. The lowest BCUT2D eigenvalue weighted by molar-refractivity contribution is 0.325. The SMILES string of the molecule is c1cc2c(cn1)CNCCO2. The molecular weight excluding hydrogens is 140 g/mol. The van der Waals surface area contributed by atoms with Gasteiger partial charge in [0.05, 0.1) is 0 Å². The molecule has 1 aromatic rings. The van der Waals surface area contributed by atoms with Crippen LogP contribution in [0.15, 0.2) is 18.5 Å². The van der Waals surface area contributed by atoms with Crippen LogP contribution in [0.4, 0.5) is 0 Å². The number of hydrogen-bond acceptors (Lipinski definition) is 3. The second-order valence-corrected chi connectivity index (χ2v) is 2.51. The van der Waals surface area contributed by atoms with Crippen LogP contribution in [-0.2, 0) is 6.54 Å². The number of rotatable bonds is 0. The first kappa shape index (κ1) is 6.61. The van der Waals surface area contributed by atoms with Gasteiger partial charge in [0.1, 0.15) is 12.4 Å². The number of aromatic nitrogens is 1. The molecule has 58 valence electrons. The van der Waals surface area contributed by atoms with Crippen LogP contribution in [0.3, 0.4) is 0 Å². The Morgan fingerprint density at radius 1 is 1.55 bits per heavy atom. The normalized spacial score (nSPS) is 16.4. The van der Waals surface area contributed by atoms with Crippen molar-refractivity contribution < 1.29 is 4.74 Å². The van der Waals surface area contributed by atoms with E-state index < -0.39 is 0 Å². The zero-order chi connectivity index (χ0) is 7.52. The molecule has 0 amide bonds. The maximum absolute atomic E-state index is 5.45. The van der Waals surface area contributed by atoms with E-state index in [1.807, 2.05) is 12.3 Å². The van der Waals surface area contributed by atoms with E-state index in [0.717, 1.165) is 31.0 Å². The molecule has 0 unspecified atom stereocenters. The summed E-state index contributed by atoms with van der Waals surface area (Å²) in [5, 5.41) is 3.24. The standard InChI is InChI=1S/C8H10N2O/c1-2-9-5-7-6-10-3-4-11-8(1)7/h1-2,5,10H,3-4,6H2. The van der Waals surface area contributed by atoms with E-state index in [0.29, 0.717) is 0 Å². The summed E-state index contributed by atoms with van der Waals surface area (Å²) in [5.74, 6) is 0.963. The summed E-state index contributed by atoms with van der Waals surface area (Å²) in [4.78, 5) is 4.02. The summed E-state index contributed by atoms with van der Waals surface area (Å²) < 4.78 is 5.45. The van der Waals surface area contributed by atoms with E-state index in [-0.39, 0.29) is 0 Å². The van der Waals surface area contributed by atoms with E-state index >= 15 is 0 Å². The minimum absolute atomic E-state index is 0.747. The molecule has 0 spiro atoms. The third-order valence-corrected chi connectivity index (χ3v) is 1.71. The number of nitrogens with zero attached hydrogens (tertiary/aromatic N) is 1. The molecule has 1 aliphatic heterocycles. The Morgan fingerprint density at radius 2 is 2.55 bits per heavy atom. The van der Waals surface area contributed by atoms with Gasteiger partial charge < -0.3 is 10.1 Å². The first-order valence-corrected chi connectivity index (χ1v) is 3.73. The molecule has 0 aliphatic carbocycles. The smallest absolute Gasteiger partial charge is 0.126 e. The lowest BCUT2D eigenvalue weighted by Gasteiger charge is -2.03. The molecule has 1 aromatic heterocycles. The first-order valence-electron chi connectivity index (χ1n) is 3.73. The Kier molecular flexibility index (Phi) is 1.73. The van der Waals surface area contributed by atoms with E-state index in [9.17, 15) is 0 Å². The van der Waals surface area contributed by atoms with Crippen LogP contribution in [0.5, 0.6) is 5.75 Å². The Hall–Kier alpha value is -1.09. The largest absolute Gasteiger partial charge is 0.492 e. The Balaban J connectivity index is 2.33. The molecular formula is C8H10N2O. The molecule has 0 bridgehead atoms. The number of fused-ring (bicyclic) bond motifs is 1. The van der Waals surface area contributed by atoms with Crippen LogP contribution in [0.25, 0.3) is 0 Å². The fourth-order valence-electron chi connectivity index (χ4n) is 1.14. The Labute approximate surface area is 65.4 Å². The van der Waals surface area contributed by atoms with Gasteiger partial charge >= 0.3 is 0 Å². The minimum atomic E-state index is 0.747. The van der Waals surface area contributed by atoms with Gasteiger partial charge in [-0.1, -0.05) is 0 Å². The summed E-state index contributed by atoms with van der Waals surface area (Å²) >= 11 is 0. The Bertz CT molecular complexity index is 225. The first-order chi connectivity index (χ1) is 5.47. The molecule has 11 heavy (non-hydrogen) atoms. The van der Waals surface area contributed by atoms with Crippen molar-refractivity contribution in [3.63, 3.8) is 0 Å². The van der Waals surface area contributed by atoms with Crippen molar-refractivity contribution in [2.75, 3.05) is 13.2 Å². The van der Waals surface area contributed by atoms with Gasteiger partial charge in [-0.25, -0.2) is 0 Å². The van der Waals surface area contributed by atoms with Gasteiger partial charge in [-0.3, -0.25) is 4.98 Å². The molecule has 1 N–H and O–H groups in total. The van der Waals surface area contributed by atoms with Crippen molar-refractivity contribution in [1.82, 2.24) is 10.3 Å². The van der Waals surface area contributed by atoms with Crippen molar-refractivity contribution >= 4 is 0 Å². The lowest BCUT2D eigenvalue weighted by Crippen LogP contribution is -2.16. The molecule has 0 atom stereocenters. The zero-order valence-corrected chi connectivity index (χ0v) is 6.21. The van der Waals surface area contributed by atoms with Crippen LogP contribution >= 0.6 is 0 Å². The predicted octanol–water partition coefficient (Wildman–Crippen LogP) is 0.564. The molecule has 0 saturated carbocycles. The fourth-order valence-corrected chi connectivity index (χ4v) is 1.14. The van der Waals surface area contributed by atoms with Crippen LogP contribution in [-0.4, -0.2) is 18.1 Å². The van der Waals surface area contributed by atoms with Crippen LogP contribution in [0, 0.1) is 0 Å². The molecule has 1 aliphatic rings. The third-order valence-electron chi connectivity index (χ3n) is 1.71. The number of ether oxygens (including phenoxy) is 1. The summed E-state index contributed by atoms with van der Waals surface area (Å²) in [6, 6.07) is 1.91. The molecule has 0 fully saturated rings. The summed E-state index contributed by atoms with van der Waals surface area (Å²) in [6.07, 6.45) is 3.60. The highest BCUT2D eigenvalue weighted by Gasteiger charge is 2.05. The average Bonchev–Trinajstić information content (AvgIpc) is 2.28. The van der Waals surface area contributed by atoms with Gasteiger partial charge in [-0.05, 0) is 6.07 Å². The van der Waals surface area contributed by atoms with Gasteiger partial charge in [0.2, 0.25) is 0 Å². The summed E-state index contributed by atoms with van der Waals surface area (Å²) in [5.41, 5.74) is 1.14. The van der Waals surface area contributed by atoms with Crippen molar-refractivity contribution in [3.8, 4) is 5.75 Å².